The van der Waals surface area contributed by atoms with E-state index in [1.165, 1.54) is 0 Å². The van der Waals surface area contributed by atoms with Crippen molar-refractivity contribution in [3.63, 3.8) is 0 Å². The molecule has 0 bridgehead atoms. The maximum atomic E-state index is 9.56. The highest BCUT2D eigenvalue weighted by atomic mass is 79.9. The summed E-state index contributed by atoms with van der Waals surface area (Å²) in [4.78, 5) is 0. The first-order chi connectivity index (χ1) is 8.69. The normalized spacial score (nSPS) is 12.4. The van der Waals surface area contributed by atoms with Gasteiger partial charge in [-0.2, -0.15) is 0 Å². The van der Waals surface area contributed by atoms with Crippen LogP contribution >= 0.6 is 15.9 Å². The molecular formula is C14H22BrNO2. The van der Waals surface area contributed by atoms with Gasteiger partial charge in [0.2, 0.25) is 0 Å². The van der Waals surface area contributed by atoms with Crippen molar-refractivity contribution in [1.82, 2.24) is 5.32 Å². The van der Waals surface area contributed by atoms with Crippen LogP contribution in [-0.2, 0) is 6.54 Å². The minimum absolute atomic E-state index is 0.333. The van der Waals surface area contributed by atoms with Gasteiger partial charge in [-0.15, -0.1) is 0 Å². The van der Waals surface area contributed by atoms with E-state index < -0.39 is 6.10 Å². The van der Waals surface area contributed by atoms with Crippen molar-refractivity contribution < 1.29 is 9.84 Å². The quantitative estimate of drug-likeness (QED) is 0.724. The molecule has 0 aromatic heterocycles. The lowest BCUT2D eigenvalue weighted by molar-refractivity contribution is 0.103. The molecule has 0 spiro atoms. The molecule has 4 heteroatoms. The fourth-order valence-electron chi connectivity index (χ4n) is 1.55. The van der Waals surface area contributed by atoms with Crippen LogP contribution in [-0.4, -0.2) is 24.4 Å². The summed E-state index contributed by atoms with van der Waals surface area (Å²) in [6, 6.07) is 5.99. The summed E-state index contributed by atoms with van der Waals surface area (Å²) in [5.41, 5.74) is 1.11. The third kappa shape index (κ3) is 4.96. The first-order valence-corrected chi connectivity index (χ1v) is 7.27. The van der Waals surface area contributed by atoms with Gasteiger partial charge >= 0.3 is 0 Å². The number of aliphatic hydroxyl groups is 1. The van der Waals surface area contributed by atoms with E-state index in [9.17, 15) is 5.11 Å². The van der Waals surface area contributed by atoms with Gasteiger partial charge in [0.1, 0.15) is 12.4 Å². The predicted octanol–water partition coefficient (Wildman–Crippen LogP) is 3.10. The summed E-state index contributed by atoms with van der Waals surface area (Å²) in [6.07, 6.45) is 1.40. The average molecular weight is 316 g/mol. The third-order valence-electron chi connectivity index (χ3n) is 2.68. The lowest BCUT2D eigenvalue weighted by atomic mass is 10.2. The Kier molecular flexibility index (Phi) is 7.32. The van der Waals surface area contributed by atoms with Crippen LogP contribution in [0.25, 0.3) is 0 Å². The summed E-state index contributed by atoms with van der Waals surface area (Å²) < 4.78 is 6.65. The van der Waals surface area contributed by atoms with Crippen LogP contribution in [0.4, 0.5) is 0 Å². The third-order valence-corrected chi connectivity index (χ3v) is 3.31. The minimum Gasteiger partial charge on any atom is -0.489 e. The second kappa shape index (κ2) is 8.51. The van der Waals surface area contributed by atoms with Crippen molar-refractivity contribution in [3.8, 4) is 5.75 Å². The van der Waals surface area contributed by atoms with Crippen LogP contribution in [0.3, 0.4) is 0 Å². The zero-order valence-corrected chi connectivity index (χ0v) is 12.7. The number of halogens is 1. The van der Waals surface area contributed by atoms with Crippen molar-refractivity contribution in [2.24, 2.45) is 0 Å². The SMILES string of the molecule is CCCNCc1cccc(Br)c1OCC(O)CC. The summed E-state index contributed by atoms with van der Waals surface area (Å²) in [5, 5.41) is 12.9. The first-order valence-electron chi connectivity index (χ1n) is 6.48. The predicted molar refractivity (Wildman–Crippen MR) is 77.9 cm³/mol. The van der Waals surface area contributed by atoms with Crippen molar-refractivity contribution in [3.05, 3.63) is 28.2 Å². The molecule has 18 heavy (non-hydrogen) atoms. The molecule has 0 saturated carbocycles. The Balaban J connectivity index is 2.67. The van der Waals surface area contributed by atoms with E-state index in [-0.39, 0.29) is 0 Å². The Morgan fingerprint density at radius 2 is 2.17 bits per heavy atom. The average Bonchev–Trinajstić information content (AvgIpc) is 2.38. The maximum absolute atomic E-state index is 9.56. The Morgan fingerprint density at radius 1 is 1.39 bits per heavy atom. The molecule has 0 amide bonds. The molecule has 0 aliphatic carbocycles. The number of hydrogen-bond donors (Lipinski definition) is 2. The number of nitrogens with one attached hydrogen (secondary N) is 1. The summed E-state index contributed by atoms with van der Waals surface area (Å²) >= 11 is 3.49. The molecule has 1 aromatic carbocycles. The summed E-state index contributed by atoms with van der Waals surface area (Å²) in [6.45, 7) is 6.19. The van der Waals surface area contributed by atoms with Gasteiger partial charge in [0.05, 0.1) is 10.6 Å². The molecule has 1 atom stereocenters. The Hall–Kier alpha value is -0.580. The molecule has 0 fully saturated rings. The molecule has 0 aliphatic heterocycles. The number of hydrogen-bond acceptors (Lipinski definition) is 3. The first kappa shape index (κ1) is 15.5. The molecular weight excluding hydrogens is 294 g/mol. The standard InChI is InChI=1S/C14H22BrNO2/c1-3-8-16-9-11-6-5-7-13(15)14(11)18-10-12(17)4-2/h5-7,12,16-17H,3-4,8-10H2,1-2H3. The van der Waals surface area contributed by atoms with Gasteiger partial charge in [-0.1, -0.05) is 26.0 Å². The topological polar surface area (TPSA) is 41.5 Å². The van der Waals surface area contributed by atoms with E-state index in [2.05, 4.69) is 28.2 Å². The molecule has 2 N–H and O–H groups in total. The van der Waals surface area contributed by atoms with Gasteiger partial charge in [-0.25, -0.2) is 0 Å². The van der Waals surface area contributed by atoms with Crippen LogP contribution in [0.5, 0.6) is 5.75 Å². The van der Waals surface area contributed by atoms with Gasteiger partial charge in [0.15, 0.2) is 0 Å². The van der Waals surface area contributed by atoms with Crippen molar-refractivity contribution >= 4 is 15.9 Å². The lowest BCUT2D eigenvalue weighted by Crippen LogP contribution is -2.19. The monoisotopic (exact) mass is 315 g/mol. The van der Waals surface area contributed by atoms with E-state index in [0.29, 0.717) is 13.0 Å². The van der Waals surface area contributed by atoms with Crippen molar-refractivity contribution in [1.29, 1.82) is 0 Å². The molecule has 3 nitrogen and oxygen atoms in total. The molecule has 1 aromatic rings. The van der Waals surface area contributed by atoms with Crippen LogP contribution < -0.4 is 10.1 Å². The van der Waals surface area contributed by atoms with E-state index in [4.69, 9.17) is 4.74 Å². The maximum Gasteiger partial charge on any atom is 0.138 e. The van der Waals surface area contributed by atoms with Gasteiger partial charge in [-0.3, -0.25) is 0 Å². The molecule has 0 radical (unpaired) electrons. The largest absolute Gasteiger partial charge is 0.489 e. The zero-order valence-electron chi connectivity index (χ0n) is 11.1. The van der Waals surface area contributed by atoms with E-state index in [1.807, 2.05) is 25.1 Å². The van der Waals surface area contributed by atoms with E-state index >= 15 is 0 Å². The lowest BCUT2D eigenvalue weighted by Gasteiger charge is -2.15. The number of rotatable bonds is 8. The van der Waals surface area contributed by atoms with Crippen LogP contribution in [0.2, 0.25) is 0 Å². The molecule has 0 saturated heterocycles. The van der Waals surface area contributed by atoms with Crippen molar-refractivity contribution in [2.45, 2.75) is 39.3 Å². The van der Waals surface area contributed by atoms with E-state index in [1.54, 1.807) is 0 Å². The highest BCUT2D eigenvalue weighted by Gasteiger charge is 2.10. The van der Waals surface area contributed by atoms with Gasteiger partial charge < -0.3 is 15.2 Å². The highest BCUT2D eigenvalue weighted by Crippen LogP contribution is 2.29. The number of aliphatic hydroxyl groups excluding tert-OH is 1. The van der Waals surface area contributed by atoms with Gasteiger partial charge in [0.25, 0.3) is 0 Å². The van der Waals surface area contributed by atoms with Crippen LogP contribution in [0.1, 0.15) is 32.3 Å². The molecule has 0 heterocycles. The smallest absolute Gasteiger partial charge is 0.138 e. The number of para-hydroxylation sites is 1. The fraction of sp³-hybridized carbons (Fsp3) is 0.571. The Bertz CT molecular complexity index is 358. The van der Waals surface area contributed by atoms with Crippen LogP contribution in [0, 0.1) is 0 Å². The summed E-state index contributed by atoms with van der Waals surface area (Å²) in [5.74, 6) is 0.827. The zero-order chi connectivity index (χ0) is 13.4. The summed E-state index contributed by atoms with van der Waals surface area (Å²) in [7, 11) is 0. The van der Waals surface area contributed by atoms with Gasteiger partial charge in [-0.05, 0) is 41.4 Å². The molecule has 1 unspecified atom stereocenters. The second-order valence-corrected chi connectivity index (χ2v) is 5.13. The van der Waals surface area contributed by atoms with E-state index in [0.717, 1.165) is 35.3 Å². The number of benzene rings is 1. The highest BCUT2D eigenvalue weighted by molar-refractivity contribution is 9.10. The molecule has 1 rings (SSSR count). The fourth-order valence-corrected chi connectivity index (χ4v) is 2.07. The van der Waals surface area contributed by atoms with Crippen LogP contribution in [0.15, 0.2) is 22.7 Å². The second-order valence-electron chi connectivity index (χ2n) is 4.28. The van der Waals surface area contributed by atoms with Crippen molar-refractivity contribution in [2.75, 3.05) is 13.2 Å². The number of ether oxygens (including phenoxy) is 1. The molecule has 0 aliphatic rings. The minimum atomic E-state index is -0.409. The Morgan fingerprint density at radius 3 is 2.83 bits per heavy atom. The van der Waals surface area contributed by atoms with Gasteiger partial charge in [0, 0.05) is 12.1 Å². The Labute approximate surface area is 118 Å². The molecule has 102 valence electrons.